The molecule has 0 aliphatic heterocycles. The van der Waals surface area contributed by atoms with E-state index in [0.29, 0.717) is 65.4 Å². The zero-order valence-electron chi connectivity index (χ0n) is 37.8. The maximum absolute atomic E-state index is 11.5. The third-order valence-corrected chi connectivity index (χ3v) is 10.9. The van der Waals surface area contributed by atoms with E-state index in [9.17, 15) is 15.3 Å². The van der Waals surface area contributed by atoms with Crippen LogP contribution in [0.4, 0.5) is 0 Å². The molecule has 0 radical (unpaired) electrons. The number of fused-ring (bicyclic) bond motifs is 12. The van der Waals surface area contributed by atoms with E-state index in [0.717, 1.165) is 93.7 Å². The smallest absolute Gasteiger partial charge is 0.146 e. The molecule has 6 heteroatoms. The number of phenols is 3. The molecular formula is C60H51N3O3. The Morgan fingerprint density at radius 1 is 0.318 bits per heavy atom. The van der Waals surface area contributed by atoms with Crippen molar-refractivity contribution in [1.29, 1.82) is 0 Å². The van der Waals surface area contributed by atoms with Crippen molar-refractivity contribution < 1.29 is 15.3 Å². The second-order valence-electron chi connectivity index (χ2n) is 16.2. The van der Waals surface area contributed by atoms with Gasteiger partial charge >= 0.3 is 0 Å². The molecular weight excluding hydrogens is 811 g/mol. The third-order valence-electron chi connectivity index (χ3n) is 10.9. The average molecular weight is 862 g/mol. The number of phenolic OH excluding ortho intramolecular Hbond substituents is 3. The van der Waals surface area contributed by atoms with E-state index in [4.69, 9.17) is 15.0 Å². The Labute approximate surface area is 389 Å². The topological polar surface area (TPSA) is 99.4 Å². The van der Waals surface area contributed by atoms with E-state index in [2.05, 4.69) is 93.6 Å². The number of nitrogens with zero attached hydrogens (tertiary/aromatic N) is 3. The molecule has 0 saturated carbocycles. The van der Waals surface area contributed by atoms with Gasteiger partial charge in [-0.25, -0.2) is 15.0 Å². The summed E-state index contributed by atoms with van der Waals surface area (Å²) in [7, 11) is 0. The summed E-state index contributed by atoms with van der Waals surface area (Å²) in [5.41, 5.74) is 5.91. The highest BCUT2D eigenvalue weighted by molar-refractivity contribution is 5.81. The zero-order chi connectivity index (χ0) is 46.1. The first-order valence-corrected chi connectivity index (χ1v) is 22.9. The highest BCUT2D eigenvalue weighted by atomic mass is 16.3. The highest BCUT2D eigenvalue weighted by Gasteiger charge is 2.05. The summed E-state index contributed by atoms with van der Waals surface area (Å²) in [6, 6.07) is 65.4. The molecule has 4 heterocycles. The van der Waals surface area contributed by atoms with Crippen molar-refractivity contribution >= 4 is 65.4 Å². The molecule has 0 aliphatic rings. The van der Waals surface area contributed by atoms with Gasteiger partial charge in [0.05, 0.1) is 32.3 Å². The van der Waals surface area contributed by atoms with E-state index in [-0.39, 0.29) is 17.2 Å². The van der Waals surface area contributed by atoms with Crippen molar-refractivity contribution in [2.45, 2.75) is 97.8 Å². The van der Waals surface area contributed by atoms with Crippen LogP contribution < -0.4 is 0 Å². The van der Waals surface area contributed by atoms with Crippen LogP contribution in [0.5, 0.6) is 17.2 Å². The molecule has 7 rings (SSSR count). The summed E-state index contributed by atoms with van der Waals surface area (Å²) in [5.74, 6) is -0.0689. The lowest BCUT2D eigenvalue weighted by Crippen LogP contribution is -1.85. The molecule has 3 aromatic carbocycles. The van der Waals surface area contributed by atoms with E-state index < -0.39 is 0 Å². The lowest BCUT2D eigenvalue weighted by molar-refractivity contribution is 0.486. The van der Waals surface area contributed by atoms with E-state index in [1.807, 2.05) is 54.6 Å². The normalized spacial score (nSPS) is 10.2. The molecule has 324 valence electrons. The van der Waals surface area contributed by atoms with Crippen LogP contribution >= 0.6 is 0 Å². The van der Waals surface area contributed by atoms with Crippen LogP contribution in [0.25, 0.3) is 65.4 Å². The van der Waals surface area contributed by atoms with Crippen LogP contribution in [0.2, 0.25) is 0 Å². The van der Waals surface area contributed by atoms with Crippen LogP contribution in [0.3, 0.4) is 0 Å². The predicted molar refractivity (Wildman–Crippen MR) is 265 cm³/mol. The number of aryl methyl sites for hydroxylation is 3. The number of aromatic nitrogens is 3. The maximum Gasteiger partial charge on any atom is 0.146 e. The summed E-state index contributed by atoms with van der Waals surface area (Å²) < 4.78 is 0. The second kappa shape index (κ2) is 23.0. The van der Waals surface area contributed by atoms with Crippen LogP contribution in [-0.4, -0.2) is 30.3 Å². The Morgan fingerprint density at radius 2 is 0.530 bits per heavy atom. The zero-order valence-corrected chi connectivity index (χ0v) is 37.8. The summed E-state index contributed by atoms with van der Waals surface area (Å²) in [4.78, 5) is 14.1. The monoisotopic (exact) mass is 861 g/mol. The van der Waals surface area contributed by atoms with Gasteiger partial charge < -0.3 is 15.3 Å². The Bertz CT molecular complexity index is 2640. The van der Waals surface area contributed by atoms with Crippen molar-refractivity contribution in [2.24, 2.45) is 0 Å². The van der Waals surface area contributed by atoms with Gasteiger partial charge in [0.1, 0.15) is 50.3 Å². The summed E-state index contributed by atoms with van der Waals surface area (Å²) >= 11 is 0. The Balaban J connectivity index is 1.48. The molecule has 0 fully saturated rings. The largest absolute Gasteiger partial charge is 0.505 e. The van der Waals surface area contributed by atoms with Crippen molar-refractivity contribution in [1.82, 2.24) is 15.0 Å². The van der Waals surface area contributed by atoms with Gasteiger partial charge in [-0.1, -0.05) is 114 Å². The quantitative estimate of drug-likeness (QED) is 0.106. The molecule has 0 spiro atoms. The first-order valence-electron chi connectivity index (χ1n) is 22.9. The third kappa shape index (κ3) is 12.7. The number of aromatic hydroxyl groups is 3. The van der Waals surface area contributed by atoms with Crippen LogP contribution in [0.1, 0.15) is 95.2 Å². The number of pyridine rings is 3. The molecule has 4 aromatic heterocycles. The second-order valence-corrected chi connectivity index (χ2v) is 16.2. The van der Waals surface area contributed by atoms with Crippen molar-refractivity contribution in [3.63, 3.8) is 0 Å². The van der Waals surface area contributed by atoms with Gasteiger partial charge in [0, 0.05) is 0 Å². The first-order chi connectivity index (χ1) is 32.3. The van der Waals surface area contributed by atoms with Gasteiger partial charge in [-0.3, -0.25) is 0 Å². The van der Waals surface area contributed by atoms with Gasteiger partial charge in [0.15, 0.2) is 0 Å². The predicted octanol–water partition coefficient (Wildman–Crippen LogP) is 13.8. The number of rotatable bonds is 12. The Kier molecular flexibility index (Phi) is 16.0. The van der Waals surface area contributed by atoms with Gasteiger partial charge in [-0.2, -0.15) is 0 Å². The molecule has 7 aromatic rings. The minimum absolute atomic E-state index is 0.0230. The highest BCUT2D eigenvalue weighted by Crippen LogP contribution is 2.28. The molecule has 0 unspecified atom stereocenters. The van der Waals surface area contributed by atoms with Crippen molar-refractivity contribution in [3.8, 4) is 17.2 Å². The minimum Gasteiger partial charge on any atom is -0.505 e. The minimum atomic E-state index is -0.0230. The van der Waals surface area contributed by atoms with Crippen molar-refractivity contribution in [2.75, 3.05) is 0 Å². The van der Waals surface area contributed by atoms with E-state index in [1.54, 1.807) is 36.4 Å². The summed E-state index contributed by atoms with van der Waals surface area (Å²) in [5, 5.41) is 37.2. The molecule has 0 atom stereocenters. The number of benzene rings is 3. The van der Waals surface area contributed by atoms with Crippen molar-refractivity contribution in [3.05, 3.63) is 180 Å². The lowest BCUT2D eigenvalue weighted by atomic mass is 10.0. The Hall–Kier alpha value is -8.13. The molecule has 12 bridgehead atoms. The number of hydrogen-bond acceptors (Lipinski definition) is 6. The molecule has 0 amide bonds. The van der Waals surface area contributed by atoms with Gasteiger partial charge in [-0.15, -0.1) is 0 Å². The SMILES string of the molecule is CCCCCc1cc2c#cc3cccc(c#cc4cc(CCCCC)cc(c#cc5cccc(c#cc6cc(CCCCC)cc(c#cc7cccc(c#cc(c1)c2O)n7)c6O)n5)c4O)n3. The molecule has 6 nitrogen and oxygen atoms in total. The maximum atomic E-state index is 11.5. The van der Waals surface area contributed by atoms with Crippen LogP contribution in [-0.2, 0) is 19.3 Å². The summed E-state index contributed by atoms with van der Waals surface area (Å²) in [6.07, 6.45) is 11.9. The average Bonchev–Trinajstić information content (AvgIpc) is 3.33. The van der Waals surface area contributed by atoms with Crippen LogP contribution in [0.15, 0.2) is 91.0 Å². The van der Waals surface area contributed by atoms with Gasteiger partial charge in [0.25, 0.3) is 0 Å². The fourth-order valence-corrected chi connectivity index (χ4v) is 7.33. The fraction of sp³-hybridized carbons (Fsp3) is 0.250. The summed E-state index contributed by atoms with van der Waals surface area (Å²) in [6.45, 7) is 6.50. The van der Waals surface area contributed by atoms with E-state index >= 15 is 0 Å². The number of hydrogen-bond donors (Lipinski definition) is 3. The van der Waals surface area contributed by atoms with Gasteiger partial charge in [0.2, 0.25) is 0 Å². The molecule has 66 heavy (non-hydrogen) atoms. The Morgan fingerprint density at radius 3 is 0.727 bits per heavy atom. The molecule has 0 aliphatic carbocycles. The van der Waals surface area contributed by atoms with E-state index in [1.165, 1.54) is 0 Å². The molecule has 3 N–H and O–H groups in total. The molecule has 0 saturated heterocycles. The standard InChI is InChI=1S/C60H51N3O3/c1-4-7-10-16-43-37-46-25-31-52-19-13-21-54(61-52)33-27-48-39-44(17-11-8-5-2)41-50(59(48)65)29-35-56-23-15-24-57(63-56)36-30-51-42-45(18-12-9-6-3)40-49(60(51)66)28-34-55-22-14-20-53(62-55)32-26-47(38-43)58(46)64/h13-15,19-24,37-42,64-66H,4-12,16-18H2,1-3H3. The number of unbranched alkanes of at least 4 members (excludes halogenated alkanes) is 6. The van der Waals surface area contributed by atoms with Gasteiger partial charge in [-0.05, 0) is 164 Å². The lowest BCUT2D eigenvalue weighted by Gasteiger charge is -2.03. The first kappa shape index (κ1) is 45.9. The van der Waals surface area contributed by atoms with Crippen LogP contribution in [0, 0.1) is 72.8 Å². The fourth-order valence-electron chi connectivity index (χ4n) is 7.33.